The van der Waals surface area contributed by atoms with Gasteiger partial charge < -0.3 is 9.67 Å². The third-order valence-electron chi connectivity index (χ3n) is 4.58. The second-order valence-corrected chi connectivity index (χ2v) is 6.36. The van der Waals surface area contributed by atoms with Gasteiger partial charge in [-0.05, 0) is 29.3 Å². The number of aliphatic hydroxyl groups excluding tert-OH is 1. The van der Waals surface area contributed by atoms with Crippen LogP contribution in [-0.2, 0) is 11.6 Å². The van der Waals surface area contributed by atoms with Crippen LogP contribution in [-0.4, -0.2) is 15.8 Å². The second kappa shape index (κ2) is 4.96. The SMILES string of the molecule is CC1(C)c2cc(C(F)(F)F)ccc2[C@H](n2ccccc2=O)[C@H]1O. The number of aromatic nitrogens is 1. The van der Waals surface area contributed by atoms with Crippen LogP contribution in [0.2, 0.25) is 0 Å². The summed E-state index contributed by atoms with van der Waals surface area (Å²) in [5, 5.41) is 10.7. The number of benzene rings is 1. The predicted octanol–water partition coefficient (Wildman–Crippen LogP) is 3.11. The van der Waals surface area contributed by atoms with Gasteiger partial charge in [0.05, 0.1) is 17.7 Å². The van der Waals surface area contributed by atoms with Gasteiger partial charge in [0.2, 0.25) is 0 Å². The van der Waals surface area contributed by atoms with Crippen molar-refractivity contribution in [1.82, 2.24) is 4.57 Å². The second-order valence-electron chi connectivity index (χ2n) is 6.36. The van der Waals surface area contributed by atoms with Crippen LogP contribution < -0.4 is 5.56 Å². The van der Waals surface area contributed by atoms with E-state index < -0.39 is 29.3 Å². The van der Waals surface area contributed by atoms with E-state index in [-0.39, 0.29) is 5.56 Å². The van der Waals surface area contributed by atoms with E-state index in [4.69, 9.17) is 0 Å². The lowest BCUT2D eigenvalue weighted by Gasteiger charge is -2.27. The summed E-state index contributed by atoms with van der Waals surface area (Å²) in [5.74, 6) is 0. The standard InChI is InChI=1S/C17H16F3NO2/c1-16(2)12-9-10(17(18,19)20)6-7-11(12)14(15(16)23)21-8-4-3-5-13(21)22/h3-9,14-15,23H,1-2H3/t14-,15+/m0/s1. The minimum Gasteiger partial charge on any atom is -0.390 e. The third-order valence-corrected chi connectivity index (χ3v) is 4.58. The Kier molecular flexibility index (Phi) is 3.41. The van der Waals surface area contributed by atoms with Crippen molar-refractivity contribution in [3.8, 4) is 0 Å². The van der Waals surface area contributed by atoms with E-state index in [1.165, 1.54) is 16.7 Å². The normalized spacial score (nSPS) is 22.9. The molecule has 0 saturated carbocycles. The quantitative estimate of drug-likeness (QED) is 0.876. The molecule has 0 amide bonds. The molecule has 3 nitrogen and oxygen atoms in total. The molecule has 0 unspecified atom stereocenters. The Bertz CT molecular complexity index is 808. The molecule has 0 spiro atoms. The van der Waals surface area contributed by atoms with Gasteiger partial charge in [0.15, 0.2) is 0 Å². The van der Waals surface area contributed by atoms with Crippen molar-refractivity contribution in [2.24, 2.45) is 0 Å². The summed E-state index contributed by atoms with van der Waals surface area (Å²) in [7, 11) is 0. The molecule has 2 atom stereocenters. The van der Waals surface area contributed by atoms with Crippen molar-refractivity contribution in [2.45, 2.75) is 37.6 Å². The highest BCUT2D eigenvalue weighted by molar-refractivity contribution is 5.47. The van der Waals surface area contributed by atoms with E-state index in [0.717, 1.165) is 12.1 Å². The Balaban J connectivity index is 2.22. The van der Waals surface area contributed by atoms with Crippen LogP contribution in [0.3, 0.4) is 0 Å². The first-order chi connectivity index (χ1) is 10.6. The van der Waals surface area contributed by atoms with Gasteiger partial charge in [0.25, 0.3) is 5.56 Å². The molecule has 0 radical (unpaired) electrons. The lowest BCUT2D eigenvalue weighted by atomic mass is 9.83. The van der Waals surface area contributed by atoms with Gasteiger partial charge in [-0.1, -0.05) is 26.0 Å². The molecule has 0 bridgehead atoms. The molecule has 1 aromatic heterocycles. The highest BCUT2D eigenvalue weighted by atomic mass is 19.4. The van der Waals surface area contributed by atoms with Crippen molar-refractivity contribution in [2.75, 3.05) is 0 Å². The maximum Gasteiger partial charge on any atom is 0.416 e. The minimum absolute atomic E-state index is 0.305. The fraction of sp³-hybridized carbons (Fsp3) is 0.353. The summed E-state index contributed by atoms with van der Waals surface area (Å²) in [6.07, 6.45) is -3.90. The number of nitrogens with zero attached hydrogens (tertiary/aromatic N) is 1. The van der Waals surface area contributed by atoms with E-state index in [9.17, 15) is 23.1 Å². The molecule has 122 valence electrons. The Morgan fingerprint density at radius 1 is 1.17 bits per heavy atom. The van der Waals surface area contributed by atoms with Gasteiger partial charge in [-0.2, -0.15) is 13.2 Å². The van der Waals surface area contributed by atoms with Crippen LogP contribution in [0.5, 0.6) is 0 Å². The van der Waals surface area contributed by atoms with Crippen molar-refractivity contribution in [3.63, 3.8) is 0 Å². The first-order valence-corrected chi connectivity index (χ1v) is 7.21. The minimum atomic E-state index is -4.45. The van der Waals surface area contributed by atoms with Crippen LogP contribution in [0.4, 0.5) is 13.2 Å². The highest BCUT2D eigenvalue weighted by Gasteiger charge is 2.47. The fourth-order valence-corrected chi connectivity index (χ4v) is 3.24. The lowest BCUT2D eigenvalue weighted by Crippen LogP contribution is -2.37. The monoisotopic (exact) mass is 323 g/mol. The van der Waals surface area contributed by atoms with Gasteiger partial charge in [-0.25, -0.2) is 0 Å². The Morgan fingerprint density at radius 2 is 1.87 bits per heavy atom. The van der Waals surface area contributed by atoms with E-state index >= 15 is 0 Å². The van der Waals surface area contributed by atoms with Crippen LogP contribution in [0.1, 0.15) is 36.6 Å². The van der Waals surface area contributed by atoms with Crippen molar-refractivity contribution >= 4 is 0 Å². The molecule has 1 aliphatic carbocycles. The van der Waals surface area contributed by atoms with Crippen molar-refractivity contribution in [1.29, 1.82) is 0 Å². The molecule has 1 N–H and O–H groups in total. The Morgan fingerprint density at radius 3 is 2.48 bits per heavy atom. The van der Waals surface area contributed by atoms with Gasteiger partial charge in [-0.15, -0.1) is 0 Å². The molecule has 1 aromatic carbocycles. The number of rotatable bonds is 1. The zero-order chi connectivity index (χ0) is 17.0. The molecule has 1 heterocycles. The van der Waals surface area contributed by atoms with E-state index in [2.05, 4.69) is 0 Å². The largest absolute Gasteiger partial charge is 0.416 e. The highest BCUT2D eigenvalue weighted by Crippen LogP contribution is 2.47. The molecule has 0 saturated heterocycles. The molecule has 0 aliphatic heterocycles. The molecule has 3 rings (SSSR count). The molecular formula is C17H16F3NO2. The molecular weight excluding hydrogens is 307 g/mol. The number of hydrogen-bond donors (Lipinski definition) is 1. The predicted molar refractivity (Wildman–Crippen MR) is 79.3 cm³/mol. The average molecular weight is 323 g/mol. The maximum atomic E-state index is 13.0. The first-order valence-electron chi connectivity index (χ1n) is 7.21. The van der Waals surface area contributed by atoms with Crippen LogP contribution >= 0.6 is 0 Å². The molecule has 1 aliphatic rings. The van der Waals surface area contributed by atoms with Crippen molar-refractivity contribution < 1.29 is 18.3 Å². The maximum absolute atomic E-state index is 13.0. The van der Waals surface area contributed by atoms with Gasteiger partial charge in [-0.3, -0.25) is 4.79 Å². The summed E-state index contributed by atoms with van der Waals surface area (Å²) in [5.41, 5.74) is -0.988. The number of pyridine rings is 1. The van der Waals surface area contributed by atoms with Gasteiger partial charge >= 0.3 is 6.18 Å². The average Bonchev–Trinajstić information content (AvgIpc) is 2.67. The van der Waals surface area contributed by atoms with Crippen molar-refractivity contribution in [3.05, 3.63) is 69.6 Å². The molecule has 23 heavy (non-hydrogen) atoms. The van der Waals surface area contributed by atoms with Crippen LogP contribution in [0.15, 0.2) is 47.4 Å². The third kappa shape index (κ3) is 2.37. The number of fused-ring (bicyclic) bond motifs is 1. The summed E-state index contributed by atoms with van der Waals surface area (Å²) in [6.45, 7) is 3.37. The summed E-state index contributed by atoms with van der Waals surface area (Å²) < 4.78 is 40.3. The molecule has 2 aromatic rings. The van der Waals surface area contributed by atoms with Gasteiger partial charge in [0, 0.05) is 17.7 Å². The topological polar surface area (TPSA) is 42.2 Å². The Labute approximate surface area is 131 Å². The number of alkyl halides is 3. The van der Waals surface area contributed by atoms with Crippen LogP contribution in [0.25, 0.3) is 0 Å². The lowest BCUT2D eigenvalue weighted by molar-refractivity contribution is -0.137. The van der Waals surface area contributed by atoms with E-state index in [1.54, 1.807) is 32.2 Å². The van der Waals surface area contributed by atoms with Gasteiger partial charge in [0.1, 0.15) is 0 Å². The number of hydrogen-bond acceptors (Lipinski definition) is 2. The van der Waals surface area contributed by atoms with E-state index in [0.29, 0.717) is 11.1 Å². The first kappa shape index (κ1) is 15.8. The number of aliphatic hydroxyl groups is 1. The summed E-state index contributed by atoms with van der Waals surface area (Å²) in [6, 6.07) is 7.33. The smallest absolute Gasteiger partial charge is 0.390 e. The Hall–Kier alpha value is -2.08. The summed E-state index contributed by atoms with van der Waals surface area (Å²) >= 11 is 0. The number of halogens is 3. The summed E-state index contributed by atoms with van der Waals surface area (Å²) in [4.78, 5) is 12.1. The molecule has 6 heteroatoms. The van der Waals surface area contributed by atoms with E-state index in [1.807, 2.05) is 0 Å². The zero-order valence-electron chi connectivity index (χ0n) is 12.6. The van der Waals surface area contributed by atoms with Crippen LogP contribution in [0, 0.1) is 0 Å². The molecule has 0 fully saturated rings. The zero-order valence-corrected chi connectivity index (χ0v) is 12.6. The fourth-order valence-electron chi connectivity index (χ4n) is 3.24.